The number of rotatable bonds is 7. The molecule has 0 amide bonds. The maximum atomic E-state index is 9.22. The molecule has 0 aliphatic carbocycles. The molecule has 0 fully saturated rings. The summed E-state index contributed by atoms with van der Waals surface area (Å²) in [6, 6.07) is 5.20. The number of nitrogens with zero attached hydrogens (tertiary/aromatic N) is 2. The average molecular weight is 266 g/mol. The van der Waals surface area contributed by atoms with Gasteiger partial charge in [-0.05, 0) is 32.7 Å². The largest absolute Gasteiger partial charge is 0.496 e. The number of benzene rings is 1. The van der Waals surface area contributed by atoms with Crippen LogP contribution in [0.25, 0.3) is 0 Å². The van der Waals surface area contributed by atoms with Crippen molar-refractivity contribution in [3.05, 3.63) is 23.8 Å². The zero-order valence-corrected chi connectivity index (χ0v) is 12.1. The van der Waals surface area contributed by atoms with Crippen LogP contribution in [-0.2, 0) is 6.54 Å². The van der Waals surface area contributed by atoms with Crippen LogP contribution in [0.4, 0.5) is 0 Å². The summed E-state index contributed by atoms with van der Waals surface area (Å²) >= 11 is 0. The number of methoxy groups -OCH3 is 1. The molecule has 0 saturated carbocycles. The highest BCUT2D eigenvalue weighted by molar-refractivity contribution is 6.58. The van der Waals surface area contributed by atoms with Crippen LogP contribution in [0.1, 0.15) is 5.56 Å². The molecule has 106 valence electrons. The second-order valence-corrected chi connectivity index (χ2v) is 4.99. The first-order valence-electron chi connectivity index (χ1n) is 6.30. The molecule has 5 nitrogen and oxygen atoms in total. The van der Waals surface area contributed by atoms with Gasteiger partial charge in [0.2, 0.25) is 0 Å². The molecular formula is C13H23BN2O3. The molecule has 19 heavy (non-hydrogen) atoms. The molecule has 6 heteroatoms. The van der Waals surface area contributed by atoms with Crippen LogP contribution in [0.3, 0.4) is 0 Å². The molecule has 1 aromatic carbocycles. The first-order valence-corrected chi connectivity index (χ1v) is 6.30. The van der Waals surface area contributed by atoms with Gasteiger partial charge in [0.15, 0.2) is 0 Å². The monoisotopic (exact) mass is 266 g/mol. The Morgan fingerprint density at radius 2 is 1.84 bits per heavy atom. The van der Waals surface area contributed by atoms with Crippen molar-refractivity contribution in [1.29, 1.82) is 0 Å². The molecular weight excluding hydrogens is 243 g/mol. The summed E-state index contributed by atoms with van der Waals surface area (Å²) in [5.74, 6) is 0.765. The lowest BCUT2D eigenvalue weighted by atomic mass is 9.79. The van der Waals surface area contributed by atoms with Gasteiger partial charge < -0.3 is 24.6 Å². The van der Waals surface area contributed by atoms with Crippen molar-refractivity contribution < 1.29 is 14.8 Å². The van der Waals surface area contributed by atoms with Crippen molar-refractivity contribution in [1.82, 2.24) is 9.80 Å². The standard InChI is InChI=1S/C13H23BN2O3/c1-15(2)7-8-16(3)10-11-9-12(14(17)18)5-6-13(11)19-4/h5-6,9,17-18H,7-8,10H2,1-4H3. The molecule has 0 aliphatic heterocycles. The minimum absolute atomic E-state index is 0.483. The third kappa shape index (κ3) is 5.20. The van der Waals surface area contributed by atoms with E-state index >= 15 is 0 Å². The molecule has 1 rings (SSSR count). The number of hydrogen-bond donors (Lipinski definition) is 2. The Hall–Kier alpha value is -1.08. The summed E-state index contributed by atoms with van der Waals surface area (Å²) in [5.41, 5.74) is 1.44. The third-order valence-electron chi connectivity index (χ3n) is 2.97. The van der Waals surface area contributed by atoms with Gasteiger partial charge in [-0.25, -0.2) is 0 Å². The normalized spacial score (nSPS) is 11.2. The predicted octanol–water partition coefficient (Wildman–Crippen LogP) is -0.632. The highest BCUT2D eigenvalue weighted by Crippen LogP contribution is 2.18. The Morgan fingerprint density at radius 1 is 1.16 bits per heavy atom. The van der Waals surface area contributed by atoms with Gasteiger partial charge >= 0.3 is 7.12 Å². The maximum Gasteiger partial charge on any atom is 0.488 e. The lowest BCUT2D eigenvalue weighted by Crippen LogP contribution is -2.32. The molecule has 0 saturated heterocycles. The number of ether oxygens (including phenoxy) is 1. The van der Waals surface area contributed by atoms with Crippen LogP contribution in [0, 0.1) is 0 Å². The Balaban J connectivity index is 2.76. The Kier molecular flexibility index (Phi) is 6.31. The lowest BCUT2D eigenvalue weighted by molar-refractivity contribution is 0.272. The molecule has 0 heterocycles. The van der Waals surface area contributed by atoms with Crippen molar-refractivity contribution in [2.24, 2.45) is 0 Å². The quantitative estimate of drug-likeness (QED) is 0.643. The lowest BCUT2D eigenvalue weighted by Gasteiger charge is -2.21. The van der Waals surface area contributed by atoms with Crippen LogP contribution >= 0.6 is 0 Å². The fourth-order valence-corrected chi connectivity index (χ4v) is 1.82. The summed E-state index contributed by atoms with van der Waals surface area (Å²) in [7, 11) is 6.28. The van der Waals surface area contributed by atoms with E-state index in [1.807, 2.05) is 21.1 Å². The van der Waals surface area contributed by atoms with Crippen LogP contribution in [0.15, 0.2) is 18.2 Å². The number of likely N-dealkylation sites (N-methyl/N-ethyl adjacent to an activating group) is 2. The summed E-state index contributed by atoms with van der Waals surface area (Å²) < 4.78 is 5.31. The first kappa shape index (κ1) is 16.0. The summed E-state index contributed by atoms with van der Waals surface area (Å²) in [4.78, 5) is 4.30. The van der Waals surface area contributed by atoms with Crippen LogP contribution < -0.4 is 10.2 Å². The molecule has 0 unspecified atom stereocenters. The zero-order chi connectivity index (χ0) is 14.4. The van der Waals surface area contributed by atoms with E-state index in [0.717, 1.165) is 24.4 Å². The summed E-state index contributed by atoms with van der Waals surface area (Å²) in [5, 5.41) is 18.4. The van der Waals surface area contributed by atoms with E-state index in [1.54, 1.807) is 25.3 Å². The molecule has 0 bridgehead atoms. The van der Waals surface area contributed by atoms with Crippen LogP contribution in [0.2, 0.25) is 0 Å². The van der Waals surface area contributed by atoms with E-state index in [1.165, 1.54) is 0 Å². The average Bonchev–Trinajstić information content (AvgIpc) is 2.36. The van der Waals surface area contributed by atoms with E-state index in [0.29, 0.717) is 12.0 Å². The molecule has 0 spiro atoms. The molecule has 1 aromatic rings. The van der Waals surface area contributed by atoms with E-state index in [-0.39, 0.29) is 0 Å². The Labute approximate surface area is 115 Å². The second kappa shape index (κ2) is 7.50. The van der Waals surface area contributed by atoms with Gasteiger partial charge in [-0.2, -0.15) is 0 Å². The SMILES string of the molecule is COc1ccc(B(O)O)cc1CN(C)CCN(C)C. The fraction of sp³-hybridized carbons (Fsp3) is 0.538. The van der Waals surface area contributed by atoms with Gasteiger partial charge in [-0.1, -0.05) is 12.1 Å². The third-order valence-corrected chi connectivity index (χ3v) is 2.97. The molecule has 0 atom stereocenters. The van der Waals surface area contributed by atoms with Crippen LogP contribution in [-0.4, -0.2) is 68.3 Å². The summed E-state index contributed by atoms with van der Waals surface area (Å²) in [6.07, 6.45) is 0. The van der Waals surface area contributed by atoms with Crippen molar-refractivity contribution in [2.45, 2.75) is 6.54 Å². The topological polar surface area (TPSA) is 56.2 Å². The minimum atomic E-state index is -1.45. The van der Waals surface area contributed by atoms with Gasteiger partial charge in [0, 0.05) is 25.2 Å². The van der Waals surface area contributed by atoms with Gasteiger partial charge in [-0.3, -0.25) is 0 Å². The van der Waals surface area contributed by atoms with E-state index in [4.69, 9.17) is 4.74 Å². The second-order valence-electron chi connectivity index (χ2n) is 4.99. The van der Waals surface area contributed by atoms with E-state index in [9.17, 15) is 10.0 Å². The van der Waals surface area contributed by atoms with E-state index < -0.39 is 7.12 Å². The molecule has 0 radical (unpaired) electrons. The van der Waals surface area contributed by atoms with Crippen molar-refractivity contribution in [2.75, 3.05) is 41.3 Å². The van der Waals surface area contributed by atoms with Crippen molar-refractivity contribution in [3.8, 4) is 5.75 Å². The fourth-order valence-electron chi connectivity index (χ4n) is 1.82. The molecule has 2 N–H and O–H groups in total. The Morgan fingerprint density at radius 3 is 2.37 bits per heavy atom. The summed E-state index contributed by atoms with van der Waals surface area (Å²) in [6.45, 7) is 2.61. The maximum absolute atomic E-state index is 9.22. The molecule has 0 aromatic heterocycles. The Bertz CT molecular complexity index is 399. The first-order chi connectivity index (χ1) is 8.93. The highest BCUT2D eigenvalue weighted by atomic mass is 16.5. The minimum Gasteiger partial charge on any atom is -0.496 e. The number of hydrogen-bond acceptors (Lipinski definition) is 5. The van der Waals surface area contributed by atoms with E-state index in [2.05, 4.69) is 9.80 Å². The van der Waals surface area contributed by atoms with Gasteiger partial charge in [-0.15, -0.1) is 0 Å². The van der Waals surface area contributed by atoms with Crippen molar-refractivity contribution in [3.63, 3.8) is 0 Å². The van der Waals surface area contributed by atoms with Crippen LogP contribution in [0.5, 0.6) is 5.75 Å². The molecule has 0 aliphatic rings. The van der Waals surface area contributed by atoms with Gasteiger partial charge in [0.25, 0.3) is 0 Å². The highest BCUT2D eigenvalue weighted by Gasteiger charge is 2.14. The smallest absolute Gasteiger partial charge is 0.488 e. The predicted molar refractivity (Wildman–Crippen MR) is 77.7 cm³/mol. The van der Waals surface area contributed by atoms with Gasteiger partial charge in [0.05, 0.1) is 7.11 Å². The van der Waals surface area contributed by atoms with Gasteiger partial charge in [0.1, 0.15) is 5.75 Å². The van der Waals surface area contributed by atoms with Crippen molar-refractivity contribution >= 4 is 12.6 Å². The zero-order valence-electron chi connectivity index (χ0n) is 12.1.